The van der Waals surface area contributed by atoms with Crippen LogP contribution < -0.4 is 4.74 Å². The van der Waals surface area contributed by atoms with Gasteiger partial charge in [-0.25, -0.2) is 4.79 Å². The van der Waals surface area contributed by atoms with Crippen molar-refractivity contribution in [2.24, 2.45) is 7.05 Å². The number of aryl methyl sites for hydroxylation is 1. The SMILES string of the molecule is CCCOc1nn(C)cc1C(=O)O. The molecule has 1 aromatic heterocycles. The van der Waals surface area contributed by atoms with Gasteiger partial charge in [-0.15, -0.1) is 5.10 Å². The molecule has 0 spiro atoms. The molecule has 72 valence electrons. The van der Waals surface area contributed by atoms with Crippen molar-refractivity contribution in [2.45, 2.75) is 13.3 Å². The molecule has 0 aliphatic rings. The van der Waals surface area contributed by atoms with Gasteiger partial charge in [0, 0.05) is 13.2 Å². The molecular weight excluding hydrogens is 172 g/mol. The molecule has 1 heterocycles. The molecule has 0 aliphatic heterocycles. The van der Waals surface area contributed by atoms with E-state index in [1.807, 2.05) is 6.92 Å². The minimum Gasteiger partial charge on any atom is -0.477 e. The third-order valence-corrected chi connectivity index (χ3v) is 1.47. The fraction of sp³-hybridized carbons (Fsp3) is 0.500. The largest absolute Gasteiger partial charge is 0.477 e. The highest BCUT2D eigenvalue weighted by Crippen LogP contribution is 2.14. The lowest BCUT2D eigenvalue weighted by Gasteiger charge is -1.99. The number of hydrogen-bond donors (Lipinski definition) is 1. The summed E-state index contributed by atoms with van der Waals surface area (Å²) < 4.78 is 6.58. The molecule has 1 N–H and O–H groups in total. The van der Waals surface area contributed by atoms with E-state index < -0.39 is 5.97 Å². The van der Waals surface area contributed by atoms with Gasteiger partial charge >= 0.3 is 5.97 Å². The van der Waals surface area contributed by atoms with E-state index in [9.17, 15) is 4.79 Å². The van der Waals surface area contributed by atoms with E-state index in [4.69, 9.17) is 9.84 Å². The van der Waals surface area contributed by atoms with Gasteiger partial charge in [-0.1, -0.05) is 6.92 Å². The maximum Gasteiger partial charge on any atom is 0.342 e. The Morgan fingerprint density at radius 3 is 3.00 bits per heavy atom. The monoisotopic (exact) mass is 184 g/mol. The standard InChI is InChI=1S/C8H12N2O3/c1-3-4-13-7-6(8(11)12)5-10(2)9-7/h5H,3-4H2,1-2H3,(H,11,12). The molecule has 13 heavy (non-hydrogen) atoms. The second-order valence-electron chi connectivity index (χ2n) is 2.68. The van der Waals surface area contributed by atoms with Gasteiger partial charge in [0.25, 0.3) is 0 Å². The smallest absolute Gasteiger partial charge is 0.342 e. The number of carboxylic acids is 1. The van der Waals surface area contributed by atoms with E-state index in [0.717, 1.165) is 6.42 Å². The van der Waals surface area contributed by atoms with Gasteiger partial charge in [0.2, 0.25) is 5.88 Å². The Hall–Kier alpha value is -1.52. The summed E-state index contributed by atoms with van der Waals surface area (Å²) in [7, 11) is 1.66. The van der Waals surface area contributed by atoms with E-state index in [1.54, 1.807) is 7.05 Å². The highest BCUT2D eigenvalue weighted by Gasteiger charge is 2.15. The van der Waals surface area contributed by atoms with Crippen LogP contribution in [0.25, 0.3) is 0 Å². The van der Waals surface area contributed by atoms with Crippen molar-refractivity contribution >= 4 is 5.97 Å². The van der Waals surface area contributed by atoms with Crippen LogP contribution in [0.4, 0.5) is 0 Å². The summed E-state index contributed by atoms with van der Waals surface area (Å²) in [5, 5.41) is 12.6. The zero-order chi connectivity index (χ0) is 9.84. The first kappa shape index (κ1) is 9.57. The van der Waals surface area contributed by atoms with Crippen LogP contribution in [0.5, 0.6) is 5.88 Å². The topological polar surface area (TPSA) is 64.4 Å². The Labute approximate surface area is 75.9 Å². The summed E-state index contributed by atoms with van der Waals surface area (Å²) in [6, 6.07) is 0. The first-order chi connectivity index (χ1) is 6.15. The van der Waals surface area contributed by atoms with Gasteiger partial charge in [0.15, 0.2) is 0 Å². The molecular formula is C8H12N2O3. The van der Waals surface area contributed by atoms with Gasteiger partial charge in [-0.05, 0) is 6.42 Å². The second kappa shape index (κ2) is 3.93. The summed E-state index contributed by atoms with van der Waals surface area (Å²) in [5.41, 5.74) is 0.107. The van der Waals surface area contributed by atoms with E-state index >= 15 is 0 Å². The van der Waals surface area contributed by atoms with Crippen molar-refractivity contribution in [2.75, 3.05) is 6.61 Å². The van der Waals surface area contributed by atoms with E-state index in [-0.39, 0.29) is 11.4 Å². The Kier molecular flexibility index (Phi) is 2.89. The molecule has 5 nitrogen and oxygen atoms in total. The lowest BCUT2D eigenvalue weighted by atomic mass is 10.3. The lowest BCUT2D eigenvalue weighted by Crippen LogP contribution is -2.02. The summed E-state index contributed by atoms with van der Waals surface area (Å²) in [6.45, 7) is 2.43. The Morgan fingerprint density at radius 2 is 2.46 bits per heavy atom. The normalized spacial score (nSPS) is 10.0. The molecule has 0 unspecified atom stereocenters. The molecule has 0 saturated carbocycles. The van der Waals surface area contributed by atoms with Crippen LogP contribution in [-0.2, 0) is 7.05 Å². The average molecular weight is 184 g/mol. The number of hydrogen-bond acceptors (Lipinski definition) is 3. The molecule has 0 atom stereocenters. The van der Waals surface area contributed by atoms with Crippen LogP contribution in [0.1, 0.15) is 23.7 Å². The highest BCUT2D eigenvalue weighted by molar-refractivity contribution is 5.89. The summed E-state index contributed by atoms with van der Waals surface area (Å²) in [4.78, 5) is 10.7. The fourth-order valence-corrected chi connectivity index (χ4v) is 0.920. The summed E-state index contributed by atoms with van der Waals surface area (Å²) in [5.74, 6) is -0.823. The maximum atomic E-state index is 10.7. The summed E-state index contributed by atoms with van der Waals surface area (Å²) in [6.07, 6.45) is 2.25. The van der Waals surface area contributed by atoms with Crippen LogP contribution in [0.15, 0.2) is 6.20 Å². The highest BCUT2D eigenvalue weighted by atomic mass is 16.5. The predicted octanol–water partition coefficient (Wildman–Crippen LogP) is 0.907. The first-order valence-corrected chi connectivity index (χ1v) is 4.05. The molecule has 0 aliphatic carbocycles. The number of aromatic carboxylic acids is 1. The van der Waals surface area contributed by atoms with Crippen LogP contribution in [0, 0.1) is 0 Å². The Morgan fingerprint density at radius 1 is 1.77 bits per heavy atom. The van der Waals surface area contributed by atoms with E-state index in [2.05, 4.69) is 5.10 Å². The number of carboxylic acid groups (broad SMARTS) is 1. The summed E-state index contributed by atoms with van der Waals surface area (Å²) >= 11 is 0. The molecule has 5 heteroatoms. The first-order valence-electron chi connectivity index (χ1n) is 4.05. The van der Waals surface area contributed by atoms with E-state index in [1.165, 1.54) is 10.9 Å². The number of rotatable bonds is 4. The minimum atomic E-state index is -1.01. The number of aromatic nitrogens is 2. The van der Waals surface area contributed by atoms with Crippen molar-refractivity contribution in [3.05, 3.63) is 11.8 Å². The second-order valence-corrected chi connectivity index (χ2v) is 2.68. The van der Waals surface area contributed by atoms with Gasteiger partial charge in [-0.3, -0.25) is 4.68 Å². The molecule has 0 fully saturated rings. The van der Waals surface area contributed by atoms with Gasteiger partial charge in [0.1, 0.15) is 5.56 Å². The van der Waals surface area contributed by atoms with Crippen LogP contribution in [0.3, 0.4) is 0 Å². The average Bonchev–Trinajstić information content (AvgIpc) is 2.43. The quantitative estimate of drug-likeness (QED) is 0.755. The molecule has 0 amide bonds. The van der Waals surface area contributed by atoms with E-state index in [0.29, 0.717) is 6.61 Å². The van der Waals surface area contributed by atoms with Crippen LogP contribution in [-0.4, -0.2) is 27.5 Å². The number of carbonyl (C=O) groups is 1. The molecule has 0 radical (unpaired) electrons. The maximum absolute atomic E-state index is 10.7. The molecule has 1 aromatic rings. The zero-order valence-electron chi connectivity index (χ0n) is 7.65. The molecule has 0 saturated heterocycles. The third-order valence-electron chi connectivity index (χ3n) is 1.47. The number of nitrogens with zero attached hydrogens (tertiary/aromatic N) is 2. The predicted molar refractivity (Wildman–Crippen MR) is 46.0 cm³/mol. The lowest BCUT2D eigenvalue weighted by molar-refractivity contribution is 0.0692. The van der Waals surface area contributed by atoms with Crippen molar-refractivity contribution in [1.29, 1.82) is 0 Å². The molecule has 0 aromatic carbocycles. The minimum absolute atomic E-state index is 0.107. The molecule has 0 bridgehead atoms. The van der Waals surface area contributed by atoms with Gasteiger partial charge < -0.3 is 9.84 Å². The molecule has 1 rings (SSSR count). The van der Waals surface area contributed by atoms with Gasteiger partial charge in [-0.2, -0.15) is 0 Å². The van der Waals surface area contributed by atoms with Crippen molar-refractivity contribution in [1.82, 2.24) is 9.78 Å². The third kappa shape index (κ3) is 2.21. The van der Waals surface area contributed by atoms with Crippen molar-refractivity contribution in [3.63, 3.8) is 0 Å². The van der Waals surface area contributed by atoms with Crippen molar-refractivity contribution < 1.29 is 14.6 Å². The zero-order valence-corrected chi connectivity index (χ0v) is 7.65. The van der Waals surface area contributed by atoms with Gasteiger partial charge in [0.05, 0.1) is 6.61 Å². The van der Waals surface area contributed by atoms with Crippen LogP contribution in [0.2, 0.25) is 0 Å². The Bertz CT molecular complexity index is 306. The van der Waals surface area contributed by atoms with Crippen molar-refractivity contribution in [3.8, 4) is 5.88 Å². The fourth-order valence-electron chi connectivity index (χ4n) is 0.920. The Balaban J connectivity index is 2.84. The number of ether oxygens (including phenoxy) is 1. The van der Waals surface area contributed by atoms with Crippen LogP contribution >= 0.6 is 0 Å².